The van der Waals surface area contributed by atoms with Crippen molar-refractivity contribution >= 4 is 0 Å². The molecule has 1 N–H and O–H groups in total. The smallest absolute Gasteiger partial charge is 0.0724 e. The molecule has 3 nitrogen and oxygen atoms in total. The van der Waals surface area contributed by atoms with Crippen molar-refractivity contribution < 1.29 is 9.84 Å². The van der Waals surface area contributed by atoms with Crippen LogP contribution >= 0.6 is 0 Å². The lowest BCUT2D eigenvalue weighted by Gasteiger charge is -2.47. The lowest BCUT2D eigenvalue weighted by molar-refractivity contribution is -0.0693. The molecule has 4 unspecified atom stereocenters. The lowest BCUT2D eigenvalue weighted by Crippen LogP contribution is -2.55. The van der Waals surface area contributed by atoms with Crippen LogP contribution in [0.25, 0.3) is 0 Å². The van der Waals surface area contributed by atoms with E-state index in [0.717, 1.165) is 32.4 Å². The molecule has 0 spiro atoms. The summed E-state index contributed by atoms with van der Waals surface area (Å²) in [7, 11) is 1.81. The van der Waals surface area contributed by atoms with Gasteiger partial charge >= 0.3 is 0 Å². The summed E-state index contributed by atoms with van der Waals surface area (Å²) in [4.78, 5) is 2.47. The van der Waals surface area contributed by atoms with Crippen LogP contribution in [0.3, 0.4) is 0 Å². The van der Waals surface area contributed by atoms with Crippen LogP contribution in [0.2, 0.25) is 0 Å². The maximum atomic E-state index is 10.3. The maximum absolute atomic E-state index is 10.3. The molecule has 0 aromatic rings. The van der Waals surface area contributed by atoms with Crippen molar-refractivity contribution in [1.82, 2.24) is 4.90 Å². The summed E-state index contributed by atoms with van der Waals surface area (Å²) in [6.07, 6.45) is 4.56. The minimum atomic E-state index is -0.149. The summed E-state index contributed by atoms with van der Waals surface area (Å²) in [5.41, 5.74) is 0.371. The van der Waals surface area contributed by atoms with E-state index in [-0.39, 0.29) is 6.10 Å². The van der Waals surface area contributed by atoms with Gasteiger partial charge in [-0.2, -0.15) is 0 Å². The van der Waals surface area contributed by atoms with Crippen molar-refractivity contribution in [3.05, 3.63) is 0 Å². The molecule has 0 amide bonds. The average Bonchev–Trinajstić information content (AvgIpc) is 2.33. The highest BCUT2D eigenvalue weighted by Crippen LogP contribution is 2.38. The minimum Gasteiger partial charge on any atom is -0.391 e. The Morgan fingerprint density at radius 3 is 2.67 bits per heavy atom. The van der Waals surface area contributed by atoms with E-state index in [2.05, 4.69) is 25.7 Å². The zero-order valence-electron chi connectivity index (χ0n) is 12.4. The predicted molar refractivity (Wildman–Crippen MR) is 73.6 cm³/mol. The van der Waals surface area contributed by atoms with Gasteiger partial charge in [0.2, 0.25) is 0 Å². The molecule has 0 aromatic carbocycles. The molecule has 2 fully saturated rings. The van der Waals surface area contributed by atoms with Gasteiger partial charge in [0.05, 0.1) is 12.2 Å². The predicted octanol–water partition coefficient (Wildman–Crippen LogP) is 2.28. The third kappa shape index (κ3) is 3.06. The molecule has 0 bridgehead atoms. The van der Waals surface area contributed by atoms with Crippen molar-refractivity contribution in [3.63, 3.8) is 0 Å². The molecule has 3 heteroatoms. The molecule has 1 aliphatic heterocycles. The highest BCUT2D eigenvalue weighted by Gasteiger charge is 2.39. The molecule has 2 aliphatic rings. The number of nitrogens with zero attached hydrogens (tertiary/aromatic N) is 1. The fourth-order valence-corrected chi connectivity index (χ4v) is 3.57. The van der Waals surface area contributed by atoms with Gasteiger partial charge in [-0.05, 0) is 43.6 Å². The third-order valence-electron chi connectivity index (χ3n) is 5.02. The Labute approximate surface area is 112 Å². The second-order valence-electron chi connectivity index (χ2n) is 7.08. The monoisotopic (exact) mass is 255 g/mol. The number of methoxy groups -OCH3 is 1. The first kappa shape index (κ1) is 14.3. The number of aliphatic hydroxyl groups excluding tert-OH is 1. The highest BCUT2D eigenvalue weighted by molar-refractivity contribution is 4.93. The molecular weight excluding hydrogens is 226 g/mol. The summed E-state index contributed by atoms with van der Waals surface area (Å²) < 4.78 is 5.59. The Balaban J connectivity index is 2.01. The summed E-state index contributed by atoms with van der Waals surface area (Å²) in [5.74, 6) is 0.639. The van der Waals surface area contributed by atoms with E-state index < -0.39 is 0 Å². The summed E-state index contributed by atoms with van der Waals surface area (Å²) in [6, 6.07) is 0.332. The van der Waals surface area contributed by atoms with Crippen LogP contribution in [0.4, 0.5) is 0 Å². The first-order chi connectivity index (χ1) is 8.43. The SMILES string of the molecule is COC1CN(C2CC(C)(C)CCC2O)CCC1C. The Morgan fingerprint density at radius 2 is 2.00 bits per heavy atom. The van der Waals surface area contributed by atoms with E-state index >= 15 is 0 Å². The van der Waals surface area contributed by atoms with Gasteiger partial charge in [-0.15, -0.1) is 0 Å². The molecule has 18 heavy (non-hydrogen) atoms. The molecule has 1 saturated heterocycles. The second kappa shape index (κ2) is 5.48. The van der Waals surface area contributed by atoms with Crippen LogP contribution in [-0.4, -0.2) is 48.5 Å². The number of aliphatic hydroxyl groups is 1. The van der Waals surface area contributed by atoms with E-state index in [1.165, 1.54) is 6.42 Å². The van der Waals surface area contributed by atoms with Gasteiger partial charge in [0, 0.05) is 19.7 Å². The van der Waals surface area contributed by atoms with Gasteiger partial charge in [0.15, 0.2) is 0 Å². The lowest BCUT2D eigenvalue weighted by atomic mass is 9.73. The molecule has 0 aromatic heterocycles. The van der Waals surface area contributed by atoms with Crippen LogP contribution in [0.15, 0.2) is 0 Å². The number of hydrogen-bond donors (Lipinski definition) is 1. The standard InChI is InChI=1S/C15H29NO2/c1-11-6-8-16(10-14(11)18-4)12-9-15(2,3)7-5-13(12)17/h11-14,17H,5-10H2,1-4H3. The van der Waals surface area contributed by atoms with Crippen molar-refractivity contribution in [2.45, 2.75) is 64.7 Å². The zero-order valence-corrected chi connectivity index (χ0v) is 12.4. The quantitative estimate of drug-likeness (QED) is 0.821. The van der Waals surface area contributed by atoms with Crippen LogP contribution in [0.1, 0.15) is 46.5 Å². The minimum absolute atomic E-state index is 0.149. The maximum Gasteiger partial charge on any atom is 0.0724 e. The summed E-state index contributed by atoms with van der Waals surface area (Å²) >= 11 is 0. The fraction of sp³-hybridized carbons (Fsp3) is 1.00. The first-order valence-electron chi connectivity index (χ1n) is 7.38. The van der Waals surface area contributed by atoms with Gasteiger partial charge in [0.1, 0.15) is 0 Å². The molecule has 0 radical (unpaired) electrons. The second-order valence-corrected chi connectivity index (χ2v) is 7.08. The van der Waals surface area contributed by atoms with E-state index in [0.29, 0.717) is 23.5 Å². The molecular formula is C15H29NO2. The Hall–Kier alpha value is -0.120. The van der Waals surface area contributed by atoms with E-state index in [4.69, 9.17) is 4.74 Å². The third-order valence-corrected chi connectivity index (χ3v) is 5.02. The zero-order chi connectivity index (χ0) is 13.3. The largest absolute Gasteiger partial charge is 0.391 e. The number of likely N-dealkylation sites (tertiary alicyclic amines) is 1. The van der Waals surface area contributed by atoms with Crippen molar-refractivity contribution in [3.8, 4) is 0 Å². The van der Waals surface area contributed by atoms with Gasteiger partial charge in [-0.1, -0.05) is 20.8 Å². The van der Waals surface area contributed by atoms with Crippen LogP contribution in [-0.2, 0) is 4.74 Å². The number of piperidine rings is 1. The van der Waals surface area contributed by atoms with Crippen LogP contribution < -0.4 is 0 Å². The molecule has 1 aliphatic carbocycles. The average molecular weight is 255 g/mol. The number of hydrogen-bond acceptors (Lipinski definition) is 3. The van der Waals surface area contributed by atoms with Gasteiger partial charge in [-0.3, -0.25) is 4.90 Å². The normalized spacial score (nSPS) is 41.8. The Kier molecular flexibility index (Phi) is 4.35. The van der Waals surface area contributed by atoms with E-state index in [1.54, 1.807) is 0 Å². The van der Waals surface area contributed by atoms with E-state index in [1.807, 2.05) is 7.11 Å². The van der Waals surface area contributed by atoms with Crippen molar-refractivity contribution in [1.29, 1.82) is 0 Å². The Morgan fingerprint density at radius 1 is 1.28 bits per heavy atom. The van der Waals surface area contributed by atoms with Crippen molar-refractivity contribution in [2.75, 3.05) is 20.2 Å². The molecule has 1 saturated carbocycles. The van der Waals surface area contributed by atoms with E-state index in [9.17, 15) is 5.11 Å². The summed E-state index contributed by atoms with van der Waals surface area (Å²) in [6.45, 7) is 9.01. The van der Waals surface area contributed by atoms with Crippen LogP contribution in [0, 0.1) is 11.3 Å². The number of ether oxygens (including phenoxy) is 1. The number of rotatable bonds is 2. The highest BCUT2D eigenvalue weighted by atomic mass is 16.5. The molecule has 4 atom stereocenters. The Bertz CT molecular complexity index is 280. The van der Waals surface area contributed by atoms with Gasteiger partial charge < -0.3 is 9.84 Å². The molecule has 1 heterocycles. The van der Waals surface area contributed by atoms with Crippen LogP contribution in [0.5, 0.6) is 0 Å². The fourth-order valence-electron chi connectivity index (χ4n) is 3.57. The van der Waals surface area contributed by atoms with Crippen molar-refractivity contribution in [2.24, 2.45) is 11.3 Å². The molecule has 106 valence electrons. The van der Waals surface area contributed by atoms with Gasteiger partial charge in [-0.25, -0.2) is 0 Å². The topological polar surface area (TPSA) is 32.7 Å². The molecule has 2 rings (SSSR count). The first-order valence-corrected chi connectivity index (χ1v) is 7.38. The summed E-state index contributed by atoms with van der Waals surface area (Å²) in [5, 5.41) is 10.3. The van der Waals surface area contributed by atoms with Gasteiger partial charge in [0.25, 0.3) is 0 Å².